The molecular formula is C24H21F3N2O3S. The number of fused-ring (bicyclic) bond motifs is 3. The molecule has 33 heavy (non-hydrogen) atoms. The van der Waals surface area contributed by atoms with Gasteiger partial charge in [0.25, 0.3) is 0 Å². The Bertz CT molecular complexity index is 1290. The molecule has 9 heteroatoms. The number of alkyl halides is 3. The Balaban J connectivity index is 2.04. The Morgan fingerprint density at radius 2 is 1.82 bits per heavy atom. The quantitative estimate of drug-likeness (QED) is 0.558. The number of nitrogens with zero attached hydrogens (tertiary/aromatic N) is 2. The Labute approximate surface area is 191 Å². The predicted molar refractivity (Wildman–Crippen MR) is 121 cm³/mol. The molecule has 0 bridgehead atoms. The van der Waals surface area contributed by atoms with Crippen LogP contribution in [0.3, 0.4) is 0 Å². The van der Waals surface area contributed by atoms with E-state index in [9.17, 15) is 27.3 Å². The summed E-state index contributed by atoms with van der Waals surface area (Å²) in [6, 6.07) is 10.4. The fraction of sp³-hybridized carbons (Fsp3) is 0.250. The second kappa shape index (κ2) is 8.30. The maximum Gasteiger partial charge on any atom is 0.417 e. The van der Waals surface area contributed by atoms with Gasteiger partial charge < -0.3 is 5.11 Å². The molecule has 1 N–H and O–H groups in total. The third-order valence-electron chi connectivity index (χ3n) is 5.79. The van der Waals surface area contributed by atoms with E-state index in [4.69, 9.17) is 0 Å². The zero-order chi connectivity index (χ0) is 24.1. The number of carboxylic acid groups (broad SMARTS) is 1. The maximum absolute atomic E-state index is 13.3. The molecule has 3 aromatic rings. The lowest BCUT2D eigenvalue weighted by molar-refractivity contribution is -0.138. The van der Waals surface area contributed by atoms with Crippen LogP contribution in [0.2, 0.25) is 0 Å². The molecule has 2 heterocycles. The van der Waals surface area contributed by atoms with Crippen LogP contribution >= 0.6 is 0 Å². The fourth-order valence-corrected chi connectivity index (χ4v) is 5.01. The minimum Gasteiger partial charge on any atom is -0.481 e. The first-order valence-electron chi connectivity index (χ1n) is 10.1. The van der Waals surface area contributed by atoms with E-state index in [1.807, 2.05) is 31.2 Å². The second-order valence-electron chi connectivity index (χ2n) is 8.05. The third-order valence-corrected chi connectivity index (χ3v) is 6.72. The van der Waals surface area contributed by atoms with Crippen molar-refractivity contribution in [3.05, 3.63) is 70.4 Å². The van der Waals surface area contributed by atoms with Crippen LogP contribution in [0.4, 0.5) is 18.9 Å². The summed E-state index contributed by atoms with van der Waals surface area (Å²) >= 11 is 0. The highest BCUT2D eigenvalue weighted by molar-refractivity contribution is 7.85. The highest BCUT2D eigenvalue weighted by Crippen LogP contribution is 2.46. The minimum absolute atomic E-state index is 0.0282. The SMILES string of the molecule is Cc1ccc(-c2cc3c(c(C)c2CC(=O)O)N(S(C)=O)Cc2cc(C(F)(F)F)cnc2-3)cc1. The molecule has 1 aromatic heterocycles. The van der Waals surface area contributed by atoms with Crippen molar-refractivity contribution in [3.63, 3.8) is 0 Å². The van der Waals surface area contributed by atoms with Crippen LogP contribution < -0.4 is 4.31 Å². The van der Waals surface area contributed by atoms with Gasteiger partial charge in [-0.25, -0.2) is 4.21 Å². The predicted octanol–water partition coefficient (Wildman–Crippen LogP) is 5.29. The lowest BCUT2D eigenvalue weighted by atomic mass is 9.86. The third kappa shape index (κ3) is 4.25. The molecule has 0 fully saturated rings. The highest BCUT2D eigenvalue weighted by atomic mass is 32.2. The Kier molecular flexibility index (Phi) is 5.78. The first-order valence-corrected chi connectivity index (χ1v) is 11.6. The van der Waals surface area contributed by atoms with Crippen molar-refractivity contribution in [2.45, 2.75) is 33.0 Å². The monoisotopic (exact) mass is 474 g/mol. The Morgan fingerprint density at radius 3 is 2.39 bits per heavy atom. The summed E-state index contributed by atoms with van der Waals surface area (Å²) in [4.78, 5) is 15.8. The van der Waals surface area contributed by atoms with Crippen LogP contribution in [0.5, 0.6) is 0 Å². The second-order valence-corrected chi connectivity index (χ2v) is 9.34. The van der Waals surface area contributed by atoms with Crippen LogP contribution in [0.25, 0.3) is 22.4 Å². The van der Waals surface area contributed by atoms with Gasteiger partial charge in [0.05, 0.1) is 29.9 Å². The molecular weight excluding hydrogens is 453 g/mol. The van der Waals surface area contributed by atoms with Crippen molar-refractivity contribution in [3.8, 4) is 22.4 Å². The molecule has 0 saturated heterocycles. The standard InChI is InChI=1S/C24H21F3N2O3S/c1-13-4-6-15(7-5-13)19-9-20-22-16(8-17(11-28-22)24(25,26)27)12-29(33(3)32)23(20)14(2)18(19)10-21(30)31/h4-9,11H,10,12H2,1-3H3,(H,30,31). The number of carbonyl (C=O) groups is 1. The van der Waals surface area contributed by atoms with E-state index in [0.29, 0.717) is 39.2 Å². The molecule has 1 unspecified atom stereocenters. The van der Waals surface area contributed by atoms with Crippen LogP contribution in [-0.2, 0) is 34.9 Å². The molecule has 2 aromatic carbocycles. The average Bonchev–Trinajstić information content (AvgIpc) is 2.74. The number of aromatic nitrogens is 1. The first-order chi connectivity index (χ1) is 15.5. The van der Waals surface area contributed by atoms with Gasteiger partial charge in [-0.3, -0.25) is 14.1 Å². The fourth-order valence-electron chi connectivity index (χ4n) is 4.20. The van der Waals surface area contributed by atoms with Crippen LogP contribution in [0, 0.1) is 13.8 Å². The molecule has 0 saturated carbocycles. The number of aryl methyl sites for hydroxylation is 1. The van der Waals surface area contributed by atoms with E-state index in [2.05, 4.69) is 4.98 Å². The van der Waals surface area contributed by atoms with Gasteiger partial charge in [0.2, 0.25) is 0 Å². The molecule has 1 atom stereocenters. The number of halogens is 3. The van der Waals surface area contributed by atoms with Crippen molar-refractivity contribution in [1.82, 2.24) is 4.98 Å². The van der Waals surface area contributed by atoms with Crippen molar-refractivity contribution >= 4 is 22.6 Å². The number of anilines is 1. The Morgan fingerprint density at radius 1 is 1.15 bits per heavy atom. The number of rotatable bonds is 4. The summed E-state index contributed by atoms with van der Waals surface area (Å²) in [6.07, 6.45) is -2.56. The molecule has 1 aliphatic heterocycles. The smallest absolute Gasteiger partial charge is 0.417 e. The number of pyridine rings is 1. The van der Waals surface area contributed by atoms with Gasteiger partial charge in [-0.05, 0) is 53.8 Å². The van der Waals surface area contributed by atoms with Crippen molar-refractivity contribution in [2.75, 3.05) is 10.6 Å². The molecule has 0 spiro atoms. The topological polar surface area (TPSA) is 70.5 Å². The van der Waals surface area contributed by atoms with Crippen molar-refractivity contribution in [2.24, 2.45) is 0 Å². The summed E-state index contributed by atoms with van der Waals surface area (Å²) in [6.45, 7) is 3.66. The average molecular weight is 475 g/mol. The lowest BCUT2D eigenvalue weighted by Crippen LogP contribution is -2.30. The van der Waals surface area contributed by atoms with Gasteiger partial charge in [-0.2, -0.15) is 13.2 Å². The Hall–Kier alpha value is -3.20. The van der Waals surface area contributed by atoms with Gasteiger partial charge in [0, 0.05) is 18.0 Å². The summed E-state index contributed by atoms with van der Waals surface area (Å²) in [5.74, 6) is -1.01. The number of benzene rings is 2. The molecule has 0 radical (unpaired) electrons. The van der Waals surface area contributed by atoms with Gasteiger partial charge in [-0.15, -0.1) is 0 Å². The van der Waals surface area contributed by atoms with E-state index in [-0.39, 0.29) is 13.0 Å². The number of hydrogen-bond acceptors (Lipinski definition) is 3. The van der Waals surface area contributed by atoms with Crippen molar-refractivity contribution in [1.29, 1.82) is 0 Å². The molecule has 5 nitrogen and oxygen atoms in total. The van der Waals surface area contributed by atoms with E-state index in [1.54, 1.807) is 13.0 Å². The largest absolute Gasteiger partial charge is 0.481 e. The highest BCUT2D eigenvalue weighted by Gasteiger charge is 2.35. The molecule has 1 aliphatic rings. The van der Waals surface area contributed by atoms with Crippen LogP contribution in [0.15, 0.2) is 42.6 Å². The summed E-state index contributed by atoms with van der Waals surface area (Å²) in [5.41, 5.74) is 4.53. The van der Waals surface area contributed by atoms with Crippen molar-refractivity contribution < 1.29 is 27.3 Å². The van der Waals surface area contributed by atoms with Crippen LogP contribution in [0.1, 0.15) is 27.8 Å². The van der Waals surface area contributed by atoms with Gasteiger partial charge >= 0.3 is 12.1 Å². The van der Waals surface area contributed by atoms with Gasteiger partial charge in [-0.1, -0.05) is 29.8 Å². The zero-order valence-electron chi connectivity index (χ0n) is 18.2. The van der Waals surface area contributed by atoms with Gasteiger partial charge in [0.1, 0.15) is 11.0 Å². The number of hydrogen-bond donors (Lipinski definition) is 1. The number of aliphatic carboxylic acids is 1. The van der Waals surface area contributed by atoms with E-state index in [1.165, 1.54) is 10.6 Å². The lowest BCUT2D eigenvalue weighted by Gasteiger charge is -2.33. The molecule has 4 rings (SSSR count). The molecule has 0 amide bonds. The minimum atomic E-state index is -4.55. The number of carboxylic acids is 1. The maximum atomic E-state index is 13.3. The zero-order valence-corrected chi connectivity index (χ0v) is 19.0. The summed E-state index contributed by atoms with van der Waals surface area (Å²) in [5, 5.41) is 9.56. The molecule has 0 aliphatic carbocycles. The van der Waals surface area contributed by atoms with Crippen LogP contribution in [-0.4, -0.2) is 26.5 Å². The van der Waals surface area contributed by atoms with E-state index >= 15 is 0 Å². The normalized spacial score (nSPS) is 13.9. The summed E-state index contributed by atoms with van der Waals surface area (Å²) < 4.78 is 54.0. The van der Waals surface area contributed by atoms with Gasteiger partial charge in [0.15, 0.2) is 0 Å². The van der Waals surface area contributed by atoms with E-state index < -0.39 is 28.7 Å². The van der Waals surface area contributed by atoms with E-state index in [0.717, 1.165) is 23.4 Å². The molecule has 172 valence electrons. The first kappa shape index (κ1) is 23.0. The summed E-state index contributed by atoms with van der Waals surface area (Å²) in [7, 11) is -1.56.